The van der Waals surface area contributed by atoms with E-state index in [1.807, 2.05) is 68.4 Å². The summed E-state index contributed by atoms with van der Waals surface area (Å²) in [7, 11) is 1.61. The number of aliphatic hydroxyl groups is 1. The Bertz CT molecular complexity index is 936. The maximum absolute atomic E-state index is 12.8. The first-order valence-corrected chi connectivity index (χ1v) is 9.29. The van der Waals surface area contributed by atoms with Gasteiger partial charge in [0.2, 0.25) is 0 Å². The second-order valence-electron chi connectivity index (χ2n) is 7.70. The van der Waals surface area contributed by atoms with Crippen LogP contribution in [0.4, 0.5) is 5.69 Å². The number of aliphatic imine (C=N–C) groups is 1. The van der Waals surface area contributed by atoms with E-state index in [1.165, 1.54) is 0 Å². The van der Waals surface area contributed by atoms with E-state index in [-0.39, 0.29) is 17.0 Å². The van der Waals surface area contributed by atoms with E-state index in [2.05, 4.69) is 4.99 Å². The minimum atomic E-state index is -0.199. The van der Waals surface area contributed by atoms with Gasteiger partial charge >= 0.3 is 0 Å². The van der Waals surface area contributed by atoms with Crippen LogP contribution in [0.5, 0.6) is 5.75 Å². The highest BCUT2D eigenvalue weighted by Crippen LogP contribution is 2.36. The van der Waals surface area contributed by atoms with Crippen molar-refractivity contribution in [1.29, 1.82) is 0 Å². The summed E-state index contributed by atoms with van der Waals surface area (Å²) in [5, 5.41) is 10.7. The fourth-order valence-electron chi connectivity index (χ4n) is 3.31. The Labute approximate surface area is 165 Å². The number of hydrogen-bond donors (Lipinski definition) is 1. The molecule has 1 saturated carbocycles. The first-order chi connectivity index (χ1) is 13.4. The molecule has 4 heteroatoms. The molecule has 1 aliphatic rings. The highest BCUT2D eigenvalue weighted by molar-refractivity contribution is 6.25. The summed E-state index contributed by atoms with van der Waals surface area (Å²) in [5.41, 5.74) is 2.39. The summed E-state index contributed by atoms with van der Waals surface area (Å²) in [6.45, 7) is 4.09. The van der Waals surface area contributed by atoms with Gasteiger partial charge in [-0.3, -0.25) is 9.79 Å². The van der Waals surface area contributed by atoms with Crippen molar-refractivity contribution in [3.63, 3.8) is 0 Å². The normalized spacial score (nSPS) is 19.8. The molecule has 144 valence electrons. The van der Waals surface area contributed by atoms with Crippen LogP contribution in [0.25, 0.3) is 6.08 Å². The summed E-state index contributed by atoms with van der Waals surface area (Å²) < 4.78 is 5.18. The van der Waals surface area contributed by atoms with Gasteiger partial charge in [-0.25, -0.2) is 0 Å². The van der Waals surface area contributed by atoms with Crippen LogP contribution in [0.15, 0.2) is 77.0 Å². The zero-order valence-corrected chi connectivity index (χ0v) is 16.5. The lowest BCUT2D eigenvalue weighted by molar-refractivity contribution is -0.117. The first-order valence-electron chi connectivity index (χ1n) is 9.29. The third kappa shape index (κ3) is 4.77. The molecule has 2 aromatic rings. The van der Waals surface area contributed by atoms with E-state index in [4.69, 9.17) is 4.74 Å². The Kier molecular flexibility index (Phi) is 5.78. The van der Waals surface area contributed by atoms with Crippen molar-refractivity contribution in [2.24, 2.45) is 10.4 Å². The van der Waals surface area contributed by atoms with Crippen molar-refractivity contribution >= 4 is 23.3 Å². The molecule has 3 rings (SSSR count). The smallest absolute Gasteiger partial charge is 0.168 e. The van der Waals surface area contributed by atoms with E-state index >= 15 is 0 Å². The van der Waals surface area contributed by atoms with E-state index < -0.39 is 0 Å². The zero-order valence-electron chi connectivity index (χ0n) is 16.5. The number of allylic oxidation sites excluding steroid dienone is 2. The van der Waals surface area contributed by atoms with Crippen LogP contribution < -0.4 is 4.74 Å². The number of Topliss-reactive ketones (excluding diaryl/α,β-unsaturated/α-hetero) is 1. The van der Waals surface area contributed by atoms with E-state index in [1.54, 1.807) is 19.3 Å². The maximum Gasteiger partial charge on any atom is 0.168 e. The van der Waals surface area contributed by atoms with E-state index in [0.29, 0.717) is 24.1 Å². The number of nitrogens with zero attached hydrogens (tertiary/aromatic N) is 1. The predicted molar refractivity (Wildman–Crippen MR) is 113 cm³/mol. The SMILES string of the molecule is COc1ccc(N=C2CC(C)(C)CC(=O)/C2=C(O)/C=C/c2ccccc2)cc1. The topological polar surface area (TPSA) is 58.9 Å². The number of rotatable bonds is 4. The Balaban J connectivity index is 2.00. The molecule has 0 heterocycles. The number of carbonyl (C=O) groups is 1. The van der Waals surface area contributed by atoms with Gasteiger partial charge in [-0.15, -0.1) is 0 Å². The van der Waals surface area contributed by atoms with Gasteiger partial charge in [0, 0.05) is 6.42 Å². The Morgan fingerprint density at radius 3 is 2.39 bits per heavy atom. The van der Waals surface area contributed by atoms with Crippen molar-refractivity contribution in [1.82, 2.24) is 0 Å². The van der Waals surface area contributed by atoms with Crippen molar-refractivity contribution < 1.29 is 14.6 Å². The molecule has 0 unspecified atom stereocenters. The van der Waals surface area contributed by atoms with Gasteiger partial charge in [0.1, 0.15) is 11.5 Å². The maximum atomic E-state index is 12.8. The number of ether oxygens (including phenoxy) is 1. The summed E-state index contributed by atoms with van der Waals surface area (Å²) >= 11 is 0. The lowest BCUT2D eigenvalue weighted by Gasteiger charge is -2.31. The van der Waals surface area contributed by atoms with Crippen molar-refractivity contribution in [3.8, 4) is 5.75 Å². The average Bonchev–Trinajstić information content (AvgIpc) is 2.66. The minimum absolute atomic E-state index is 0.0448. The van der Waals surface area contributed by atoms with Crippen LogP contribution in [0.2, 0.25) is 0 Å². The molecule has 1 fully saturated rings. The molecule has 2 aromatic carbocycles. The summed E-state index contributed by atoms with van der Waals surface area (Å²) in [6, 6.07) is 17.0. The molecule has 0 aliphatic heterocycles. The average molecular weight is 375 g/mol. The Hall–Kier alpha value is -3.14. The summed E-state index contributed by atoms with van der Waals surface area (Å²) in [6.07, 6.45) is 4.36. The predicted octanol–water partition coefficient (Wildman–Crippen LogP) is 5.68. The fraction of sp³-hybridized carbons (Fsp3) is 0.250. The minimum Gasteiger partial charge on any atom is -0.507 e. The molecule has 0 spiro atoms. The molecule has 4 nitrogen and oxygen atoms in total. The molecule has 0 bridgehead atoms. The second kappa shape index (κ2) is 8.26. The molecule has 0 radical (unpaired) electrons. The van der Waals surface area contributed by atoms with Crippen molar-refractivity contribution in [2.45, 2.75) is 26.7 Å². The van der Waals surface area contributed by atoms with Gasteiger partial charge in [-0.05, 0) is 47.7 Å². The monoisotopic (exact) mass is 375 g/mol. The second-order valence-corrected chi connectivity index (χ2v) is 7.70. The van der Waals surface area contributed by atoms with Gasteiger partial charge in [0.25, 0.3) is 0 Å². The highest BCUT2D eigenvalue weighted by atomic mass is 16.5. The molecule has 0 aromatic heterocycles. The summed E-state index contributed by atoms with van der Waals surface area (Å²) in [4.78, 5) is 17.5. The number of aliphatic hydroxyl groups excluding tert-OH is 1. The van der Waals surface area contributed by atoms with Gasteiger partial charge < -0.3 is 9.84 Å². The van der Waals surface area contributed by atoms with Crippen LogP contribution >= 0.6 is 0 Å². The van der Waals surface area contributed by atoms with Crippen molar-refractivity contribution in [3.05, 3.63) is 77.6 Å². The Morgan fingerprint density at radius 2 is 1.75 bits per heavy atom. The van der Waals surface area contributed by atoms with Crippen LogP contribution in [0, 0.1) is 5.41 Å². The zero-order chi connectivity index (χ0) is 20.1. The van der Waals surface area contributed by atoms with Gasteiger partial charge in [0.05, 0.1) is 24.1 Å². The third-order valence-electron chi connectivity index (χ3n) is 4.68. The highest BCUT2D eigenvalue weighted by Gasteiger charge is 2.36. The molecule has 1 aliphatic carbocycles. The van der Waals surface area contributed by atoms with Crippen molar-refractivity contribution in [2.75, 3.05) is 7.11 Å². The number of methoxy groups -OCH3 is 1. The number of benzene rings is 2. The third-order valence-corrected chi connectivity index (χ3v) is 4.68. The standard InChI is InChI=1S/C24H25NO3/c1-24(2)15-20(25-18-10-12-19(28-3)13-11-18)23(22(27)16-24)21(26)14-9-17-7-5-4-6-8-17/h4-14,26H,15-16H2,1-3H3/b14-9+,23-21-,25-20?. The van der Waals surface area contributed by atoms with Gasteiger partial charge in [-0.1, -0.05) is 50.3 Å². The van der Waals surface area contributed by atoms with Gasteiger partial charge in [-0.2, -0.15) is 0 Å². The fourth-order valence-corrected chi connectivity index (χ4v) is 3.31. The molecule has 0 atom stereocenters. The van der Waals surface area contributed by atoms with Gasteiger partial charge in [0.15, 0.2) is 5.78 Å². The van der Waals surface area contributed by atoms with E-state index in [0.717, 1.165) is 17.0 Å². The lowest BCUT2D eigenvalue weighted by atomic mass is 9.73. The van der Waals surface area contributed by atoms with E-state index in [9.17, 15) is 9.90 Å². The van der Waals surface area contributed by atoms with Crippen LogP contribution in [0.3, 0.4) is 0 Å². The molecule has 1 N–H and O–H groups in total. The number of hydrogen-bond acceptors (Lipinski definition) is 4. The first kappa shape index (κ1) is 19.6. The molecular weight excluding hydrogens is 350 g/mol. The lowest BCUT2D eigenvalue weighted by Crippen LogP contribution is -2.32. The summed E-state index contributed by atoms with van der Waals surface area (Å²) in [5.74, 6) is 0.615. The Morgan fingerprint density at radius 1 is 1.07 bits per heavy atom. The van der Waals surface area contributed by atoms with Crippen LogP contribution in [-0.2, 0) is 4.79 Å². The van der Waals surface area contributed by atoms with Crippen LogP contribution in [-0.4, -0.2) is 23.7 Å². The molecular formula is C24H25NO3. The molecule has 28 heavy (non-hydrogen) atoms. The molecule has 0 amide bonds. The van der Waals surface area contributed by atoms with Crippen LogP contribution in [0.1, 0.15) is 32.3 Å². The number of carbonyl (C=O) groups excluding carboxylic acids is 1. The largest absolute Gasteiger partial charge is 0.507 e. The quantitative estimate of drug-likeness (QED) is 0.552. The molecule has 0 saturated heterocycles. The number of ketones is 1.